The van der Waals surface area contributed by atoms with Crippen LogP contribution in [0.3, 0.4) is 0 Å². The first-order valence-electron chi connectivity index (χ1n) is 22.1. The van der Waals surface area contributed by atoms with E-state index in [9.17, 15) is 19.8 Å². The third-order valence-corrected chi connectivity index (χ3v) is 10.0. The smallest absolute Gasteiger partial charge is 0.306 e. The molecule has 0 spiro atoms. The molecule has 0 rings (SSSR count). The number of allylic oxidation sites excluding steroid dienone is 4. The molecule has 0 heterocycles. The van der Waals surface area contributed by atoms with Gasteiger partial charge in [-0.05, 0) is 70.6 Å². The number of hydrogen-bond donors (Lipinski definition) is 3. The summed E-state index contributed by atoms with van der Waals surface area (Å²) in [5.74, 6) is -0.509. The van der Waals surface area contributed by atoms with Gasteiger partial charge in [0.15, 0.2) is 0 Å². The van der Waals surface area contributed by atoms with Gasteiger partial charge in [0.05, 0.1) is 25.2 Å². The minimum Gasteiger partial charge on any atom is -0.462 e. The molecule has 0 aliphatic heterocycles. The molecule has 0 bridgehead atoms. The van der Waals surface area contributed by atoms with Crippen molar-refractivity contribution in [1.82, 2.24) is 5.32 Å². The van der Waals surface area contributed by atoms with Crippen molar-refractivity contribution in [3.8, 4) is 0 Å². The number of carbonyl (C=O) groups is 2. The maximum absolute atomic E-state index is 13.1. The number of ether oxygens (including phenoxy) is 1. The zero-order valence-corrected chi connectivity index (χ0v) is 34.0. The van der Waals surface area contributed by atoms with Gasteiger partial charge in [-0.1, -0.05) is 167 Å². The Bertz CT molecular complexity index is 812. The highest BCUT2D eigenvalue weighted by atomic mass is 16.5. The summed E-state index contributed by atoms with van der Waals surface area (Å²) in [7, 11) is 0. The van der Waals surface area contributed by atoms with Crippen LogP contribution >= 0.6 is 0 Å². The van der Waals surface area contributed by atoms with E-state index in [1.54, 1.807) is 0 Å². The molecule has 6 heteroatoms. The van der Waals surface area contributed by atoms with Crippen LogP contribution in [-0.4, -0.2) is 46.9 Å². The fourth-order valence-corrected chi connectivity index (χ4v) is 6.58. The summed E-state index contributed by atoms with van der Waals surface area (Å²) in [5, 5.41) is 23.5. The molecule has 3 atom stereocenters. The van der Waals surface area contributed by atoms with Crippen LogP contribution in [0.1, 0.15) is 226 Å². The Hall–Kier alpha value is -1.66. The fraction of sp³-hybridized carbons (Fsp3) is 0.867. The van der Waals surface area contributed by atoms with E-state index < -0.39 is 18.2 Å². The summed E-state index contributed by atoms with van der Waals surface area (Å²) < 4.78 is 5.86. The quantitative estimate of drug-likeness (QED) is 0.0334. The average molecular weight is 720 g/mol. The van der Waals surface area contributed by atoms with Gasteiger partial charge in [-0.2, -0.15) is 0 Å². The first-order chi connectivity index (χ1) is 25.0. The van der Waals surface area contributed by atoms with Gasteiger partial charge in [0.2, 0.25) is 5.91 Å². The predicted molar refractivity (Wildman–Crippen MR) is 218 cm³/mol. The average Bonchev–Trinajstić information content (AvgIpc) is 3.12. The zero-order valence-electron chi connectivity index (χ0n) is 34.0. The molecular formula is C45H85NO5. The van der Waals surface area contributed by atoms with Crippen molar-refractivity contribution in [1.29, 1.82) is 0 Å². The molecular weight excluding hydrogens is 634 g/mol. The van der Waals surface area contributed by atoms with Crippen molar-refractivity contribution in [2.75, 3.05) is 6.61 Å². The second-order valence-corrected chi connectivity index (χ2v) is 15.1. The second kappa shape index (κ2) is 39.5. The Kier molecular flexibility index (Phi) is 38.3. The molecule has 0 saturated carbocycles. The van der Waals surface area contributed by atoms with Crippen LogP contribution in [0, 0.1) is 0 Å². The SMILES string of the molecule is CCCC/C=C\CCCCCC(CC(=O)NC(CO)C(O)CCCCCCCCCCCC)OC(=O)CCCCC/C=C\CCCCCCCC. The van der Waals surface area contributed by atoms with Gasteiger partial charge < -0.3 is 20.3 Å². The highest BCUT2D eigenvalue weighted by Crippen LogP contribution is 2.17. The Morgan fingerprint density at radius 3 is 1.47 bits per heavy atom. The largest absolute Gasteiger partial charge is 0.462 e. The Balaban J connectivity index is 4.58. The van der Waals surface area contributed by atoms with Crippen LogP contribution in [0.15, 0.2) is 24.3 Å². The Morgan fingerprint density at radius 1 is 0.549 bits per heavy atom. The van der Waals surface area contributed by atoms with Crippen molar-refractivity contribution in [2.24, 2.45) is 0 Å². The van der Waals surface area contributed by atoms with E-state index >= 15 is 0 Å². The second-order valence-electron chi connectivity index (χ2n) is 15.1. The van der Waals surface area contributed by atoms with Crippen LogP contribution in [0.4, 0.5) is 0 Å². The number of aliphatic hydroxyl groups excluding tert-OH is 2. The van der Waals surface area contributed by atoms with E-state index in [2.05, 4.69) is 50.4 Å². The highest BCUT2D eigenvalue weighted by molar-refractivity contribution is 5.77. The number of esters is 1. The fourth-order valence-electron chi connectivity index (χ4n) is 6.58. The molecule has 3 N–H and O–H groups in total. The maximum atomic E-state index is 13.1. The van der Waals surface area contributed by atoms with E-state index in [-0.39, 0.29) is 24.9 Å². The summed E-state index contributed by atoms with van der Waals surface area (Å²) in [6.07, 6.45) is 42.4. The van der Waals surface area contributed by atoms with Crippen LogP contribution in [-0.2, 0) is 14.3 Å². The van der Waals surface area contributed by atoms with Crippen LogP contribution in [0.25, 0.3) is 0 Å². The van der Waals surface area contributed by atoms with Crippen molar-refractivity contribution < 1.29 is 24.5 Å². The molecule has 0 aromatic carbocycles. The zero-order chi connectivity index (χ0) is 37.5. The first-order valence-corrected chi connectivity index (χ1v) is 22.1. The molecule has 0 radical (unpaired) electrons. The van der Waals surface area contributed by atoms with E-state index in [1.165, 1.54) is 103 Å². The summed E-state index contributed by atoms with van der Waals surface area (Å²) >= 11 is 0. The number of rotatable bonds is 39. The lowest BCUT2D eigenvalue weighted by Gasteiger charge is -2.24. The lowest BCUT2D eigenvalue weighted by atomic mass is 10.0. The van der Waals surface area contributed by atoms with Gasteiger partial charge in [-0.15, -0.1) is 0 Å². The molecule has 1 amide bonds. The minimum absolute atomic E-state index is 0.0630. The van der Waals surface area contributed by atoms with E-state index in [1.807, 2.05) is 0 Å². The molecule has 0 saturated heterocycles. The van der Waals surface area contributed by atoms with Crippen molar-refractivity contribution in [2.45, 2.75) is 244 Å². The topological polar surface area (TPSA) is 95.9 Å². The Labute approximate surface area is 316 Å². The number of nitrogens with one attached hydrogen (secondary N) is 1. The molecule has 3 unspecified atom stereocenters. The monoisotopic (exact) mass is 720 g/mol. The van der Waals surface area contributed by atoms with Crippen molar-refractivity contribution in [3.05, 3.63) is 24.3 Å². The standard InChI is InChI=1S/C45H85NO5/c1-4-7-10-13-16-19-21-22-23-26-29-32-35-38-45(50)51-41(36-33-30-27-24-18-15-12-9-6-3)39-44(49)46-42(40-47)43(48)37-34-31-28-25-20-17-14-11-8-5-2/h15,18,22-23,41-43,47-48H,4-14,16-17,19-21,24-40H2,1-3H3,(H,46,49)/b18-15-,23-22-. The summed E-state index contributed by atoms with van der Waals surface area (Å²) in [6, 6.07) is -0.702. The summed E-state index contributed by atoms with van der Waals surface area (Å²) in [6.45, 7) is 6.39. The predicted octanol–water partition coefficient (Wildman–Crippen LogP) is 12.4. The number of unbranched alkanes of at least 4 members (excludes halogenated alkanes) is 23. The number of amides is 1. The van der Waals surface area contributed by atoms with Gasteiger partial charge in [-0.3, -0.25) is 9.59 Å². The molecule has 0 aromatic heterocycles. The molecule has 0 aliphatic rings. The number of hydrogen-bond acceptors (Lipinski definition) is 5. The van der Waals surface area contributed by atoms with E-state index in [0.29, 0.717) is 19.3 Å². The van der Waals surface area contributed by atoms with Crippen LogP contribution < -0.4 is 5.32 Å². The Morgan fingerprint density at radius 2 is 0.961 bits per heavy atom. The lowest BCUT2D eigenvalue weighted by molar-refractivity contribution is -0.151. The lowest BCUT2D eigenvalue weighted by Crippen LogP contribution is -2.46. The maximum Gasteiger partial charge on any atom is 0.306 e. The molecule has 300 valence electrons. The van der Waals surface area contributed by atoms with Gasteiger partial charge in [0.25, 0.3) is 0 Å². The van der Waals surface area contributed by atoms with Gasteiger partial charge in [-0.25, -0.2) is 0 Å². The van der Waals surface area contributed by atoms with Gasteiger partial charge in [0.1, 0.15) is 6.10 Å². The number of aliphatic hydroxyl groups is 2. The molecule has 0 aliphatic carbocycles. The molecule has 0 fully saturated rings. The normalized spacial score (nSPS) is 13.6. The van der Waals surface area contributed by atoms with E-state index in [4.69, 9.17) is 4.74 Å². The molecule has 0 aromatic rings. The first kappa shape index (κ1) is 49.3. The summed E-state index contributed by atoms with van der Waals surface area (Å²) in [5.41, 5.74) is 0. The minimum atomic E-state index is -0.787. The third kappa shape index (κ3) is 35.2. The van der Waals surface area contributed by atoms with Gasteiger partial charge >= 0.3 is 5.97 Å². The van der Waals surface area contributed by atoms with Crippen LogP contribution in [0.2, 0.25) is 0 Å². The number of carbonyl (C=O) groups excluding carboxylic acids is 2. The van der Waals surface area contributed by atoms with Gasteiger partial charge in [0, 0.05) is 6.42 Å². The van der Waals surface area contributed by atoms with Crippen LogP contribution in [0.5, 0.6) is 0 Å². The van der Waals surface area contributed by atoms with E-state index in [0.717, 1.165) is 77.0 Å². The van der Waals surface area contributed by atoms with Crippen molar-refractivity contribution >= 4 is 11.9 Å². The molecule has 51 heavy (non-hydrogen) atoms. The third-order valence-electron chi connectivity index (χ3n) is 10.0. The molecule has 6 nitrogen and oxygen atoms in total. The highest BCUT2D eigenvalue weighted by Gasteiger charge is 2.24. The summed E-state index contributed by atoms with van der Waals surface area (Å²) in [4.78, 5) is 25.9. The van der Waals surface area contributed by atoms with Crippen molar-refractivity contribution in [3.63, 3.8) is 0 Å².